The smallest absolute Gasteiger partial charge is 0.242 e. The summed E-state index contributed by atoms with van der Waals surface area (Å²) in [6.45, 7) is 1.61. The molecule has 0 spiro atoms. The number of benzene rings is 2. The van der Waals surface area contributed by atoms with Crippen LogP contribution in [0.4, 0.5) is 5.69 Å². The second-order valence-electron chi connectivity index (χ2n) is 8.16. The maximum Gasteiger partial charge on any atom is 0.242 e. The van der Waals surface area contributed by atoms with E-state index in [9.17, 15) is 9.59 Å². The molecular weight excluding hydrogens is 440 g/mol. The van der Waals surface area contributed by atoms with Crippen molar-refractivity contribution in [1.82, 2.24) is 4.90 Å². The first kappa shape index (κ1) is 23.3. The van der Waals surface area contributed by atoms with Gasteiger partial charge in [-0.15, -0.1) is 11.8 Å². The quantitative estimate of drug-likeness (QED) is 0.627. The molecule has 2 aliphatic heterocycles. The van der Waals surface area contributed by atoms with Gasteiger partial charge in [-0.1, -0.05) is 12.1 Å². The third-order valence-corrected chi connectivity index (χ3v) is 7.47. The van der Waals surface area contributed by atoms with Crippen LogP contribution in [0.2, 0.25) is 0 Å². The Labute approximate surface area is 199 Å². The number of carbonyl (C=O) groups is 2. The summed E-state index contributed by atoms with van der Waals surface area (Å²) in [6.07, 6.45) is 3.46. The number of para-hydroxylation sites is 1. The van der Waals surface area contributed by atoms with Gasteiger partial charge in [-0.25, -0.2) is 0 Å². The highest BCUT2D eigenvalue weighted by atomic mass is 32.2. The summed E-state index contributed by atoms with van der Waals surface area (Å²) >= 11 is 1.61. The van der Waals surface area contributed by atoms with Crippen molar-refractivity contribution in [2.75, 3.05) is 45.9 Å². The number of methoxy groups -OCH3 is 3. The van der Waals surface area contributed by atoms with Crippen LogP contribution in [0.25, 0.3) is 0 Å². The highest BCUT2D eigenvalue weighted by Gasteiger charge is 2.32. The molecule has 176 valence electrons. The summed E-state index contributed by atoms with van der Waals surface area (Å²) in [5, 5.41) is -0.164. The first-order valence-corrected chi connectivity index (χ1v) is 12.1. The van der Waals surface area contributed by atoms with Gasteiger partial charge in [0.15, 0.2) is 11.5 Å². The molecule has 2 heterocycles. The van der Waals surface area contributed by atoms with Crippen LogP contribution in [0.1, 0.15) is 36.5 Å². The summed E-state index contributed by atoms with van der Waals surface area (Å²) in [4.78, 5) is 31.0. The predicted octanol–water partition coefficient (Wildman–Crippen LogP) is 4.30. The second kappa shape index (κ2) is 10.4. The van der Waals surface area contributed by atoms with Crippen molar-refractivity contribution in [2.24, 2.45) is 0 Å². The molecule has 2 aromatic rings. The normalized spacial score (nSPS) is 18.4. The fourth-order valence-corrected chi connectivity index (χ4v) is 5.66. The van der Waals surface area contributed by atoms with Gasteiger partial charge < -0.3 is 24.0 Å². The van der Waals surface area contributed by atoms with Crippen molar-refractivity contribution >= 4 is 29.3 Å². The Bertz CT molecular complexity index is 997. The number of thioether (sulfide) groups is 1. The van der Waals surface area contributed by atoms with Crippen molar-refractivity contribution in [3.05, 3.63) is 42.0 Å². The molecular formula is C25H30N2O5S. The fraction of sp³-hybridized carbons (Fsp3) is 0.440. The third kappa shape index (κ3) is 4.90. The summed E-state index contributed by atoms with van der Waals surface area (Å²) in [6, 6.07) is 11.6. The topological polar surface area (TPSA) is 68.3 Å². The van der Waals surface area contributed by atoms with Crippen LogP contribution in [-0.4, -0.2) is 57.7 Å². The van der Waals surface area contributed by atoms with Gasteiger partial charge >= 0.3 is 0 Å². The Morgan fingerprint density at radius 1 is 1.00 bits per heavy atom. The molecule has 8 heteroatoms. The number of amides is 2. The lowest BCUT2D eigenvalue weighted by atomic mass is 10.1. The summed E-state index contributed by atoms with van der Waals surface area (Å²) < 4.78 is 16.5. The molecule has 1 saturated heterocycles. The highest BCUT2D eigenvalue weighted by molar-refractivity contribution is 7.99. The molecule has 0 aromatic heterocycles. The van der Waals surface area contributed by atoms with Crippen LogP contribution in [0.5, 0.6) is 17.2 Å². The van der Waals surface area contributed by atoms with Crippen molar-refractivity contribution in [3.8, 4) is 17.2 Å². The summed E-state index contributed by atoms with van der Waals surface area (Å²) in [5.41, 5.74) is 1.69. The van der Waals surface area contributed by atoms with Gasteiger partial charge in [0.1, 0.15) is 6.54 Å². The number of carbonyl (C=O) groups excluding carboxylic acids is 2. The molecule has 33 heavy (non-hydrogen) atoms. The molecule has 1 atom stereocenters. The third-order valence-electron chi connectivity index (χ3n) is 6.15. The van der Waals surface area contributed by atoms with E-state index in [1.165, 1.54) is 0 Å². The van der Waals surface area contributed by atoms with E-state index in [-0.39, 0.29) is 30.0 Å². The molecule has 0 bridgehead atoms. The van der Waals surface area contributed by atoms with Gasteiger partial charge in [0, 0.05) is 29.7 Å². The molecule has 2 aromatic carbocycles. The average molecular weight is 471 g/mol. The number of nitrogens with zero attached hydrogens (tertiary/aromatic N) is 2. The Morgan fingerprint density at radius 2 is 1.67 bits per heavy atom. The van der Waals surface area contributed by atoms with Crippen LogP contribution < -0.4 is 19.1 Å². The summed E-state index contributed by atoms with van der Waals surface area (Å²) in [7, 11) is 4.73. The second-order valence-corrected chi connectivity index (χ2v) is 9.40. The number of hydrogen-bond acceptors (Lipinski definition) is 6. The zero-order chi connectivity index (χ0) is 23.4. The molecule has 2 aliphatic rings. The van der Waals surface area contributed by atoms with Crippen LogP contribution in [0.15, 0.2) is 41.3 Å². The Kier molecular flexibility index (Phi) is 7.33. The number of piperidine rings is 1. The zero-order valence-electron chi connectivity index (χ0n) is 19.3. The molecule has 1 fully saturated rings. The van der Waals surface area contributed by atoms with Crippen molar-refractivity contribution in [3.63, 3.8) is 0 Å². The summed E-state index contributed by atoms with van der Waals surface area (Å²) in [5.74, 6) is 1.55. The van der Waals surface area contributed by atoms with Crippen LogP contribution >= 0.6 is 11.8 Å². The van der Waals surface area contributed by atoms with Crippen molar-refractivity contribution in [2.45, 2.75) is 35.8 Å². The number of fused-ring (bicyclic) bond motifs is 1. The van der Waals surface area contributed by atoms with E-state index in [1.54, 1.807) is 38.0 Å². The SMILES string of the molecule is COc1cc(C2CC(=O)N(CC(=O)N3CCCCC3)c3ccccc3S2)cc(OC)c1OC. The minimum atomic E-state index is -0.164. The van der Waals surface area contributed by atoms with Gasteiger partial charge in [-0.2, -0.15) is 0 Å². The fourth-order valence-electron chi connectivity index (χ4n) is 4.40. The van der Waals surface area contributed by atoms with E-state index in [0.29, 0.717) is 17.2 Å². The van der Waals surface area contributed by atoms with Crippen molar-refractivity contribution in [1.29, 1.82) is 0 Å². The van der Waals surface area contributed by atoms with Crippen LogP contribution in [0.3, 0.4) is 0 Å². The molecule has 2 amide bonds. The number of ether oxygens (including phenoxy) is 3. The molecule has 1 unspecified atom stereocenters. The monoisotopic (exact) mass is 470 g/mol. The zero-order valence-corrected chi connectivity index (χ0v) is 20.2. The number of anilines is 1. The van der Waals surface area contributed by atoms with E-state index in [0.717, 1.165) is 48.5 Å². The van der Waals surface area contributed by atoms with Gasteiger partial charge in [0.25, 0.3) is 0 Å². The van der Waals surface area contributed by atoms with Gasteiger partial charge in [-0.3, -0.25) is 9.59 Å². The highest BCUT2D eigenvalue weighted by Crippen LogP contribution is 2.49. The van der Waals surface area contributed by atoms with Crippen LogP contribution in [-0.2, 0) is 9.59 Å². The molecule has 7 nitrogen and oxygen atoms in total. The molecule has 0 radical (unpaired) electrons. The van der Waals surface area contributed by atoms with Crippen LogP contribution in [0, 0.1) is 0 Å². The number of hydrogen-bond donors (Lipinski definition) is 0. The Balaban J connectivity index is 1.65. The standard InChI is InChI=1S/C25H30N2O5S/c1-30-19-13-17(14-20(31-2)25(19)32-3)22-15-23(28)27(18-9-5-6-10-21(18)33-22)16-24(29)26-11-7-4-8-12-26/h5-6,9-10,13-14,22H,4,7-8,11-12,15-16H2,1-3H3. The average Bonchev–Trinajstić information content (AvgIpc) is 2.99. The minimum absolute atomic E-state index is 0.00842. The lowest BCUT2D eigenvalue weighted by Gasteiger charge is -2.30. The largest absolute Gasteiger partial charge is 0.493 e. The Hall–Kier alpha value is -2.87. The molecule has 0 aliphatic carbocycles. The van der Waals surface area contributed by atoms with E-state index in [1.807, 2.05) is 41.3 Å². The van der Waals surface area contributed by atoms with E-state index in [2.05, 4.69) is 0 Å². The number of rotatable bonds is 6. The minimum Gasteiger partial charge on any atom is -0.493 e. The lowest BCUT2D eigenvalue weighted by molar-refractivity contribution is -0.132. The molecule has 4 rings (SSSR count). The molecule has 0 N–H and O–H groups in total. The maximum absolute atomic E-state index is 13.5. The van der Waals surface area contributed by atoms with Gasteiger partial charge in [0.2, 0.25) is 17.6 Å². The van der Waals surface area contributed by atoms with Gasteiger partial charge in [0.05, 0.1) is 27.0 Å². The first-order chi connectivity index (χ1) is 16.0. The van der Waals surface area contributed by atoms with Gasteiger partial charge in [-0.05, 0) is 49.1 Å². The molecule has 0 saturated carbocycles. The number of likely N-dealkylation sites (tertiary alicyclic amines) is 1. The van der Waals surface area contributed by atoms with E-state index < -0.39 is 0 Å². The van der Waals surface area contributed by atoms with Crippen molar-refractivity contribution < 1.29 is 23.8 Å². The van der Waals surface area contributed by atoms with E-state index >= 15 is 0 Å². The lowest BCUT2D eigenvalue weighted by Crippen LogP contribution is -2.44. The van der Waals surface area contributed by atoms with E-state index in [4.69, 9.17) is 14.2 Å². The maximum atomic E-state index is 13.5. The Morgan fingerprint density at radius 3 is 2.30 bits per heavy atom. The first-order valence-electron chi connectivity index (χ1n) is 11.2. The predicted molar refractivity (Wildman–Crippen MR) is 129 cm³/mol.